The van der Waals surface area contributed by atoms with E-state index in [9.17, 15) is 4.39 Å². The fourth-order valence-electron chi connectivity index (χ4n) is 3.24. The van der Waals surface area contributed by atoms with Crippen LogP contribution in [-0.4, -0.2) is 44.3 Å². The van der Waals surface area contributed by atoms with Gasteiger partial charge < -0.3 is 9.64 Å². The van der Waals surface area contributed by atoms with E-state index in [4.69, 9.17) is 4.74 Å². The molecule has 1 aliphatic rings. The van der Waals surface area contributed by atoms with Gasteiger partial charge >= 0.3 is 0 Å². The number of aryl methyl sites for hydroxylation is 1. The molecule has 0 aliphatic carbocycles. The maximum Gasteiger partial charge on any atom is 0.253 e. The highest BCUT2D eigenvalue weighted by atomic mass is 19.1. The summed E-state index contributed by atoms with van der Waals surface area (Å²) in [6, 6.07) is 3.88. The van der Waals surface area contributed by atoms with Gasteiger partial charge in [0.25, 0.3) is 5.88 Å². The van der Waals surface area contributed by atoms with E-state index in [0.29, 0.717) is 24.6 Å². The summed E-state index contributed by atoms with van der Waals surface area (Å²) in [6.45, 7) is 4.13. The summed E-state index contributed by atoms with van der Waals surface area (Å²) in [5.74, 6) is 0.967. The van der Waals surface area contributed by atoms with Gasteiger partial charge in [-0.1, -0.05) is 6.92 Å². The zero-order valence-electron chi connectivity index (χ0n) is 14.7. The van der Waals surface area contributed by atoms with Crippen molar-refractivity contribution in [1.29, 1.82) is 0 Å². The summed E-state index contributed by atoms with van der Waals surface area (Å²) < 4.78 is 21.5. The molecule has 7 nitrogen and oxygen atoms in total. The number of halogens is 1. The van der Waals surface area contributed by atoms with Crippen LogP contribution in [0.15, 0.2) is 30.9 Å². The Morgan fingerprint density at radius 3 is 2.88 bits per heavy atom. The van der Waals surface area contributed by atoms with Gasteiger partial charge in [-0.2, -0.15) is 14.5 Å². The highest BCUT2D eigenvalue weighted by molar-refractivity contribution is 5.47. The van der Waals surface area contributed by atoms with E-state index in [1.807, 2.05) is 25.3 Å². The monoisotopic (exact) mass is 356 g/mol. The fraction of sp³-hybridized carbons (Fsp3) is 0.444. The molecule has 0 radical (unpaired) electrons. The molecule has 3 aromatic heterocycles. The van der Waals surface area contributed by atoms with Gasteiger partial charge in [0, 0.05) is 25.4 Å². The van der Waals surface area contributed by atoms with Crippen molar-refractivity contribution >= 4 is 11.5 Å². The molecule has 1 aliphatic heterocycles. The molecule has 0 amide bonds. The third kappa shape index (κ3) is 3.31. The van der Waals surface area contributed by atoms with Crippen molar-refractivity contribution in [3.05, 3.63) is 42.4 Å². The molecule has 0 aromatic carbocycles. The van der Waals surface area contributed by atoms with Crippen molar-refractivity contribution in [2.45, 2.75) is 26.2 Å². The summed E-state index contributed by atoms with van der Waals surface area (Å²) in [4.78, 5) is 14.8. The largest absolute Gasteiger partial charge is 0.475 e. The summed E-state index contributed by atoms with van der Waals surface area (Å²) in [6.07, 6.45) is 7.50. The number of hydrogen-bond donors (Lipinski definition) is 0. The number of aromatic nitrogens is 5. The second-order valence-corrected chi connectivity index (χ2v) is 6.45. The van der Waals surface area contributed by atoms with Crippen molar-refractivity contribution < 1.29 is 9.13 Å². The maximum atomic E-state index is 14.1. The van der Waals surface area contributed by atoms with Gasteiger partial charge in [-0.05, 0) is 31.2 Å². The van der Waals surface area contributed by atoms with Crippen LogP contribution in [0.25, 0.3) is 5.65 Å². The molecular formula is C18H21FN6O. The van der Waals surface area contributed by atoms with Gasteiger partial charge in [-0.3, -0.25) is 0 Å². The van der Waals surface area contributed by atoms with Crippen LogP contribution < -0.4 is 9.64 Å². The summed E-state index contributed by atoms with van der Waals surface area (Å²) in [5.41, 5.74) is 1.24. The third-order valence-corrected chi connectivity index (χ3v) is 4.80. The van der Waals surface area contributed by atoms with Crippen molar-refractivity contribution in [2.75, 3.05) is 24.6 Å². The Hall–Kier alpha value is -2.77. The van der Waals surface area contributed by atoms with Crippen molar-refractivity contribution in [3.63, 3.8) is 0 Å². The van der Waals surface area contributed by atoms with Gasteiger partial charge in [0.15, 0.2) is 5.65 Å². The molecule has 0 N–H and O–H groups in total. The van der Waals surface area contributed by atoms with E-state index in [0.717, 1.165) is 37.4 Å². The first-order chi connectivity index (χ1) is 12.7. The van der Waals surface area contributed by atoms with Crippen LogP contribution in [0.4, 0.5) is 10.2 Å². The number of rotatable bonds is 5. The minimum Gasteiger partial charge on any atom is -0.475 e. The van der Waals surface area contributed by atoms with E-state index >= 15 is 0 Å². The highest BCUT2D eigenvalue weighted by Gasteiger charge is 2.22. The number of ether oxygens (including phenoxy) is 1. The number of fused-ring (bicyclic) bond motifs is 1. The van der Waals surface area contributed by atoms with Crippen molar-refractivity contribution in [3.8, 4) is 5.88 Å². The minimum atomic E-state index is -0.439. The number of anilines is 1. The molecule has 1 fully saturated rings. The van der Waals surface area contributed by atoms with Crippen LogP contribution in [0, 0.1) is 11.7 Å². The molecule has 0 spiro atoms. The predicted octanol–water partition coefficient (Wildman–Crippen LogP) is 2.52. The lowest BCUT2D eigenvalue weighted by Crippen LogP contribution is -2.36. The molecule has 4 rings (SSSR count). The standard InChI is InChI=1S/C18H21FN6O/c1-2-14-17(19)18(21-12-20-14)26-11-13-4-8-24(9-5-13)15-6-10-25-16(23-15)3-7-22-25/h3,6-7,10,12-13H,2,4-5,8-9,11H2,1H3. The van der Waals surface area contributed by atoms with Crippen LogP contribution in [0.3, 0.4) is 0 Å². The molecule has 0 unspecified atom stereocenters. The Labute approximate surface area is 150 Å². The maximum absolute atomic E-state index is 14.1. The Bertz CT molecular complexity index is 890. The predicted molar refractivity (Wildman–Crippen MR) is 94.8 cm³/mol. The quantitative estimate of drug-likeness (QED) is 0.700. The first-order valence-electron chi connectivity index (χ1n) is 8.92. The lowest BCUT2D eigenvalue weighted by Gasteiger charge is -2.32. The average Bonchev–Trinajstić information content (AvgIpc) is 3.15. The van der Waals surface area contributed by atoms with Gasteiger partial charge in [-0.15, -0.1) is 0 Å². The van der Waals surface area contributed by atoms with E-state index in [2.05, 4.69) is 25.0 Å². The Kier molecular flexibility index (Phi) is 4.64. The summed E-state index contributed by atoms with van der Waals surface area (Å²) in [7, 11) is 0. The zero-order chi connectivity index (χ0) is 17.9. The molecule has 0 atom stereocenters. The smallest absolute Gasteiger partial charge is 0.253 e. The average molecular weight is 356 g/mol. The first kappa shape index (κ1) is 16.7. The van der Waals surface area contributed by atoms with Crippen LogP contribution in [0.5, 0.6) is 5.88 Å². The van der Waals surface area contributed by atoms with Gasteiger partial charge in [0.05, 0.1) is 18.5 Å². The van der Waals surface area contributed by atoms with Crippen LogP contribution >= 0.6 is 0 Å². The van der Waals surface area contributed by atoms with E-state index in [1.165, 1.54) is 6.33 Å². The molecule has 3 aromatic rings. The lowest BCUT2D eigenvalue weighted by molar-refractivity contribution is 0.206. The van der Waals surface area contributed by atoms with Gasteiger partial charge in [-0.25, -0.2) is 14.5 Å². The van der Waals surface area contributed by atoms with Crippen molar-refractivity contribution in [1.82, 2.24) is 24.6 Å². The van der Waals surface area contributed by atoms with Gasteiger partial charge in [0.1, 0.15) is 12.1 Å². The molecule has 136 valence electrons. The molecule has 0 bridgehead atoms. The molecule has 8 heteroatoms. The second-order valence-electron chi connectivity index (χ2n) is 6.45. The Morgan fingerprint density at radius 2 is 2.08 bits per heavy atom. The summed E-state index contributed by atoms with van der Waals surface area (Å²) >= 11 is 0. The topological polar surface area (TPSA) is 68.4 Å². The second kappa shape index (κ2) is 7.23. The van der Waals surface area contributed by atoms with E-state index in [-0.39, 0.29) is 5.88 Å². The first-order valence-corrected chi connectivity index (χ1v) is 8.92. The fourth-order valence-corrected chi connectivity index (χ4v) is 3.24. The number of piperidine rings is 1. The molecular weight excluding hydrogens is 335 g/mol. The Balaban J connectivity index is 1.33. The van der Waals surface area contributed by atoms with Crippen molar-refractivity contribution in [2.24, 2.45) is 5.92 Å². The van der Waals surface area contributed by atoms with Gasteiger partial charge in [0.2, 0.25) is 5.82 Å². The zero-order valence-corrected chi connectivity index (χ0v) is 14.7. The van der Waals surface area contributed by atoms with Crippen LogP contribution in [0.1, 0.15) is 25.5 Å². The highest BCUT2D eigenvalue weighted by Crippen LogP contribution is 2.24. The molecule has 0 saturated carbocycles. The lowest BCUT2D eigenvalue weighted by atomic mass is 9.98. The third-order valence-electron chi connectivity index (χ3n) is 4.80. The Morgan fingerprint density at radius 1 is 1.23 bits per heavy atom. The van der Waals surface area contributed by atoms with Crippen LogP contribution in [-0.2, 0) is 6.42 Å². The summed E-state index contributed by atoms with van der Waals surface area (Å²) in [5, 5.41) is 4.17. The number of nitrogens with zero attached hydrogens (tertiary/aromatic N) is 6. The minimum absolute atomic E-state index is 0.0622. The molecule has 26 heavy (non-hydrogen) atoms. The van der Waals surface area contributed by atoms with E-state index < -0.39 is 5.82 Å². The van der Waals surface area contributed by atoms with E-state index in [1.54, 1.807) is 10.7 Å². The number of hydrogen-bond acceptors (Lipinski definition) is 6. The molecule has 1 saturated heterocycles. The normalized spacial score (nSPS) is 15.5. The SMILES string of the molecule is CCc1ncnc(OCC2CCN(c3ccn4nccc4n3)CC2)c1F. The molecule has 4 heterocycles. The van der Waals surface area contributed by atoms with Crippen LogP contribution in [0.2, 0.25) is 0 Å².